The van der Waals surface area contributed by atoms with Gasteiger partial charge in [-0.1, -0.05) is 42.1 Å². The van der Waals surface area contributed by atoms with Crippen LogP contribution in [-0.4, -0.2) is 50.4 Å². The molecule has 0 saturated carbocycles. The van der Waals surface area contributed by atoms with Gasteiger partial charge in [-0.3, -0.25) is 9.48 Å². The number of methoxy groups -OCH3 is 1. The summed E-state index contributed by atoms with van der Waals surface area (Å²) in [6.45, 7) is 2.70. The first-order valence-corrected chi connectivity index (χ1v) is 11.6. The van der Waals surface area contributed by atoms with Crippen molar-refractivity contribution in [2.75, 3.05) is 24.8 Å². The first-order chi connectivity index (χ1) is 16.0. The van der Waals surface area contributed by atoms with Crippen LogP contribution < -0.4 is 9.64 Å². The molecule has 2 heterocycles. The molecule has 4 aromatic rings. The Morgan fingerprint density at radius 2 is 1.91 bits per heavy atom. The highest BCUT2D eigenvalue weighted by Crippen LogP contribution is 2.33. The van der Waals surface area contributed by atoms with Gasteiger partial charge in [-0.05, 0) is 31.2 Å². The van der Waals surface area contributed by atoms with Gasteiger partial charge in [0.2, 0.25) is 5.91 Å². The summed E-state index contributed by atoms with van der Waals surface area (Å²) in [5.74, 6) is 1.74. The lowest BCUT2D eigenvalue weighted by Crippen LogP contribution is -2.27. The van der Waals surface area contributed by atoms with Gasteiger partial charge in [-0.15, -0.1) is 10.2 Å². The molecule has 2 aromatic heterocycles. The van der Waals surface area contributed by atoms with Crippen molar-refractivity contribution in [3.63, 3.8) is 0 Å². The van der Waals surface area contributed by atoms with E-state index in [1.165, 1.54) is 11.8 Å². The van der Waals surface area contributed by atoms with Crippen molar-refractivity contribution < 1.29 is 9.53 Å². The van der Waals surface area contributed by atoms with Crippen molar-refractivity contribution in [3.8, 4) is 28.4 Å². The van der Waals surface area contributed by atoms with Crippen LogP contribution >= 0.6 is 11.8 Å². The van der Waals surface area contributed by atoms with Gasteiger partial charge in [0.05, 0.1) is 18.4 Å². The summed E-state index contributed by atoms with van der Waals surface area (Å²) >= 11 is 1.38. The van der Waals surface area contributed by atoms with Gasteiger partial charge in [-0.2, -0.15) is 5.10 Å². The number of nitrogens with zero attached hydrogens (tertiary/aromatic N) is 6. The number of aryl methyl sites for hydroxylation is 1. The molecule has 0 aliphatic heterocycles. The van der Waals surface area contributed by atoms with E-state index in [1.54, 1.807) is 23.7 Å². The fourth-order valence-electron chi connectivity index (χ4n) is 3.53. The summed E-state index contributed by atoms with van der Waals surface area (Å²) in [5.41, 5.74) is 3.47. The van der Waals surface area contributed by atoms with E-state index in [-0.39, 0.29) is 11.7 Å². The number of para-hydroxylation sites is 1. The molecule has 0 saturated heterocycles. The predicted molar refractivity (Wildman–Crippen MR) is 130 cm³/mol. The first-order valence-electron chi connectivity index (χ1n) is 10.6. The summed E-state index contributed by atoms with van der Waals surface area (Å²) in [6.07, 6.45) is 1.94. The molecule has 2 aromatic carbocycles. The monoisotopic (exact) mass is 462 g/mol. The minimum absolute atomic E-state index is 0.00292. The van der Waals surface area contributed by atoms with Gasteiger partial charge < -0.3 is 14.2 Å². The van der Waals surface area contributed by atoms with E-state index >= 15 is 0 Å². The van der Waals surface area contributed by atoms with Crippen LogP contribution in [0.5, 0.6) is 5.75 Å². The maximum Gasteiger partial charge on any atom is 0.237 e. The van der Waals surface area contributed by atoms with Crippen LogP contribution in [0.3, 0.4) is 0 Å². The molecule has 0 radical (unpaired) electrons. The van der Waals surface area contributed by atoms with Crippen LogP contribution in [0.1, 0.15) is 6.92 Å². The van der Waals surface area contributed by atoms with E-state index in [0.717, 1.165) is 34.1 Å². The zero-order valence-electron chi connectivity index (χ0n) is 19.1. The molecular weight excluding hydrogens is 436 g/mol. The number of anilines is 1. The van der Waals surface area contributed by atoms with Crippen molar-refractivity contribution in [3.05, 3.63) is 60.8 Å². The fraction of sp³-hybridized carbons (Fsp3) is 0.250. The Kier molecular flexibility index (Phi) is 6.79. The molecule has 8 nitrogen and oxygen atoms in total. The SMILES string of the molecule is CCn1c(SCC(=O)N(C)c2ccccc2)nnc1-c1cn(C)nc1-c1cccc(OC)c1. The quantitative estimate of drug-likeness (QED) is 0.367. The molecule has 0 aliphatic carbocycles. The van der Waals surface area contributed by atoms with E-state index in [2.05, 4.69) is 15.3 Å². The number of amides is 1. The van der Waals surface area contributed by atoms with Crippen LogP contribution in [0.4, 0.5) is 5.69 Å². The largest absolute Gasteiger partial charge is 0.497 e. The van der Waals surface area contributed by atoms with E-state index < -0.39 is 0 Å². The van der Waals surface area contributed by atoms with Crippen LogP contribution in [0, 0.1) is 0 Å². The number of ether oxygens (including phenoxy) is 1. The highest BCUT2D eigenvalue weighted by Gasteiger charge is 2.21. The summed E-state index contributed by atoms with van der Waals surface area (Å²) in [4.78, 5) is 14.4. The van der Waals surface area contributed by atoms with E-state index in [4.69, 9.17) is 4.74 Å². The molecule has 1 amide bonds. The van der Waals surface area contributed by atoms with Gasteiger partial charge in [0.1, 0.15) is 11.4 Å². The van der Waals surface area contributed by atoms with E-state index in [1.807, 2.05) is 79.3 Å². The smallest absolute Gasteiger partial charge is 0.237 e. The number of aromatic nitrogens is 5. The van der Waals surface area contributed by atoms with Crippen LogP contribution in [0.15, 0.2) is 66.0 Å². The Labute approximate surface area is 197 Å². The lowest BCUT2D eigenvalue weighted by Gasteiger charge is -2.16. The summed E-state index contributed by atoms with van der Waals surface area (Å²) in [6, 6.07) is 17.4. The van der Waals surface area contributed by atoms with Crippen molar-refractivity contribution in [2.45, 2.75) is 18.6 Å². The third kappa shape index (κ3) is 4.78. The zero-order chi connectivity index (χ0) is 23.4. The Hall–Kier alpha value is -3.59. The molecule has 170 valence electrons. The zero-order valence-corrected chi connectivity index (χ0v) is 19.9. The van der Waals surface area contributed by atoms with Crippen LogP contribution in [0.25, 0.3) is 22.6 Å². The van der Waals surface area contributed by atoms with Crippen molar-refractivity contribution >= 4 is 23.4 Å². The molecule has 0 unspecified atom stereocenters. The number of carbonyl (C=O) groups excluding carboxylic acids is 1. The third-order valence-electron chi connectivity index (χ3n) is 5.29. The molecule has 0 N–H and O–H groups in total. The molecule has 9 heteroatoms. The highest BCUT2D eigenvalue weighted by atomic mass is 32.2. The van der Waals surface area contributed by atoms with Gasteiger partial charge >= 0.3 is 0 Å². The predicted octanol–water partition coefficient (Wildman–Crippen LogP) is 4.13. The Balaban J connectivity index is 1.59. The number of rotatable bonds is 8. The maximum absolute atomic E-state index is 12.7. The number of hydrogen-bond donors (Lipinski definition) is 0. The Morgan fingerprint density at radius 3 is 2.64 bits per heavy atom. The second kappa shape index (κ2) is 9.91. The highest BCUT2D eigenvalue weighted by molar-refractivity contribution is 7.99. The molecule has 0 atom stereocenters. The number of hydrogen-bond acceptors (Lipinski definition) is 6. The summed E-state index contributed by atoms with van der Waals surface area (Å²) in [7, 11) is 5.31. The molecule has 0 spiro atoms. The number of thioether (sulfide) groups is 1. The van der Waals surface area contributed by atoms with E-state index in [9.17, 15) is 4.79 Å². The second-order valence-corrected chi connectivity index (χ2v) is 8.37. The number of carbonyl (C=O) groups is 1. The maximum atomic E-state index is 12.7. The van der Waals surface area contributed by atoms with Crippen LogP contribution in [0.2, 0.25) is 0 Å². The third-order valence-corrected chi connectivity index (χ3v) is 6.24. The minimum Gasteiger partial charge on any atom is -0.497 e. The van der Waals surface area contributed by atoms with E-state index in [0.29, 0.717) is 11.7 Å². The topological polar surface area (TPSA) is 78.1 Å². The van der Waals surface area contributed by atoms with Gasteiger partial charge in [0.25, 0.3) is 0 Å². The summed E-state index contributed by atoms with van der Waals surface area (Å²) in [5, 5.41) is 14.2. The average Bonchev–Trinajstić information content (AvgIpc) is 3.45. The molecule has 4 rings (SSSR count). The van der Waals surface area contributed by atoms with Gasteiger partial charge in [0.15, 0.2) is 11.0 Å². The fourth-order valence-corrected chi connectivity index (χ4v) is 4.45. The Bertz CT molecular complexity index is 1250. The minimum atomic E-state index is -0.00292. The van der Waals surface area contributed by atoms with Gasteiger partial charge in [0, 0.05) is 38.1 Å². The average molecular weight is 463 g/mol. The van der Waals surface area contributed by atoms with Crippen molar-refractivity contribution in [1.82, 2.24) is 24.5 Å². The Morgan fingerprint density at radius 1 is 1.12 bits per heavy atom. The second-order valence-electron chi connectivity index (χ2n) is 7.42. The molecular formula is C24H26N6O2S. The lowest BCUT2D eigenvalue weighted by atomic mass is 10.1. The van der Waals surface area contributed by atoms with Crippen molar-refractivity contribution in [2.24, 2.45) is 7.05 Å². The lowest BCUT2D eigenvalue weighted by molar-refractivity contribution is -0.115. The van der Waals surface area contributed by atoms with Crippen LogP contribution in [-0.2, 0) is 18.4 Å². The molecule has 33 heavy (non-hydrogen) atoms. The molecule has 0 bridgehead atoms. The normalized spacial score (nSPS) is 10.9. The number of benzene rings is 2. The van der Waals surface area contributed by atoms with Crippen molar-refractivity contribution in [1.29, 1.82) is 0 Å². The first kappa shape index (κ1) is 22.6. The molecule has 0 fully saturated rings. The summed E-state index contributed by atoms with van der Waals surface area (Å²) < 4.78 is 9.16. The standard InChI is InChI=1S/C24H26N6O2S/c1-5-30-23(20-15-28(2)27-22(20)17-10-9-13-19(14-17)32-4)25-26-24(30)33-16-21(31)29(3)18-11-7-6-8-12-18/h6-15H,5,16H2,1-4H3. The van der Waals surface area contributed by atoms with Gasteiger partial charge in [-0.25, -0.2) is 0 Å². The molecule has 0 aliphatic rings.